The number of unbranched alkanes of at least 4 members (excludes halogenated alkanes) is 6. The molecule has 1 aromatic carbocycles. The second kappa shape index (κ2) is 10.2. The Labute approximate surface area is 180 Å². The standard InChI is InChI=1S/C24H31BrS2/c1-4-7-9-11-13-18-19(14-12-10-8-5-2)24-21(16-22(25)27-24)20-15-17(6-3)26-23(18)20/h6,15-16H,3-5,7-14H2,1-2H3. The molecule has 146 valence electrons. The van der Waals surface area contributed by atoms with Gasteiger partial charge in [0.05, 0.1) is 3.79 Å². The Hall–Kier alpha value is -0.640. The summed E-state index contributed by atoms with van der Waals surface area (Å²) in [7, 11) is 0. The molecule has 0 saturated heterocycles. The van der Waals surface area contributed by atoms with Gasteiger partial charge in [0.15, 0.2) is 0 Å². The van der Waals surface area contributed by atoms with E-state index in [1.54, 1.807) is 11.1 Å². The first-order valence-corrected chi connectivity index (χ1v) is 12.9. The van der Waals surface area contributed by atoms with Crippen LogP contribution in [0.3, 0.4) is 0 Å². The number of rotatable bonds is 11. The van der Waals surface area contributed by atoms with Crippen LogP contribution in [0.25, 0.3) is 26.2 Å². The smallest absolute Gasteiger partial charge is 0.0711 e. The highest BCUT2D eigenvalue weighted by Gasteiger charge is 2.18. The van der Waals surface area contributed by atoms with Crippen molar-refractivity contribution in [1.29, 1.82) is 0 Å². The third-order valence-electron chi connectivity index (χ3n) is 5.42. The third kappa shape index (κ3) is 4.86. The molecule has 0 radical (unpaired) electrons. The Morgan fingerprint density at radius 3 is 1.93 bits per heavy atom. The predicted octanol–water partition coefficient (Wildman–Crippen LogP) is 9.77. The van der Waals surface area contributed by atoms with Gasteiger partial charge >= 0.3 is 0 Å². The fourth-order valence-corrected chi connectivity index (χ4v) is 6.82. The van der Waals surface area contributed by atoms with Gasteiger partial charge in [0.1, 0.15) is 0 Å². The van der Waals surface area contributed by atoms with Crippen LogP contribution in [-0.4, -0.2) is 0 Å². The molecule has 0 N–H and O–H groups in total. The molecule has 0 amide bonds. The largest absolute Gasteiger partial charge is 0.136 e. The van der Waals surface area contributed by atoms with Gasteiger partial charge in [0, 0.05) is 25.0 Å². The molecule has 0 spiro atoms. The molecule has 0 nitrogen and oxygen atoms in total. The van der Waals surface area contributed by atoms with E-state index in [-0.39, 0.29) is 0 Å². The Morgan fingerprint density at radius 1 is 0.815 bits per heavy atom. The monoisotopic (exact) mass is 462 g/mol. The van der Waals surface area contributed by atoms with Crippen molar-refractivity contribution in [2.24, 2.45) is 0 Å². The summed E-state index contributed by atoms with van der Waals surface area (Å²) >= 11 is 7.63. The highest BCUT2D eigenvalue weighted by molar-refractivity contribution is 9.11. The first kappa shape index (κ1) is 21.1. The second-order valence-corrected chi connectivity index (χ2v) is 11.0. The van der Waals surface area contributed by atoms with Gasteiger partial charge in [-0.2, -0.15) is 0 Å². The molecule has 2 heterocycles. The Morgan fingerprint density at radius 2 is 1.37 bits per heavy atom. The number of aryl methyl sites for hydroxylation is 2. The van der Waals surface area contributed by atoms with E-state index in [1.807, 2.05) is 28.7 Å². The molecule has 3 rings (SSSR count). The minimum Gasteiger partial charge on any atom is -0.136 e. The average Bonchev–Trinajstić information content (AvgIpc) is 3.26. The van der Waals surface area contributed by atoms with Crippen LogP contribution in [0.2, 0.25) is 0 Å². The van der Waals surface area contributed by atoms with Gasteiger partial charge in [0.25, 0.3) is 0 Å². The van der Waals surface area contributed by atoms with E-state index in [9.17, 15) is 0 Å². The van der Waals surface area contributed by atoms with Gasteiger partial charge in [-0.3, -0.25) is 0 Å². The van der Waals surface area contributed by atoms with Crippen LogP contribution in [0.5, 0.6) is 0 Å². The van der Waals surface area contributed by atoms with Crippen LogP contribution < -0.4 is 0 Å². The van der Waals surface area contributed by atoms with Crippen LogP contribution in [0, 0.1) is 0 Å². The number of benzene rings is 1. The molecule has 0 aliphatic heterocycles. The molecule has 0 unspecified atom stereocenters. The van der Waals surface area contributed by atoms with E-state index in [4.69, 9.17) is 0 Å². The molecule has 3 aromatic rings. The Bertz CT molecular complexity index is 900. The minimum absolute atomic E-state index is 1.22. The van der Waals surface area contributed by atoms with E-state index < -0.39 is 0 Å². The van der Waals surface area contributed by atoms with Crippen LogP contribution in [0.1, 0.15) is 81.2 Å². The van der Waals surface area contributed by atoms with Crippen molar-refractivity contribution in [3.05, 3.63) is 38.5 Å². The summed E-state index contributed by atoms with van der Waals surface area (Å²) in [5.41, 5.74) is 3.27. The molecule has 3 heteroatoms. The van der Waals surface area contributed by atoms with Crippen molar-refractivity contribution in [1.82, 2.24) is 0 Å². The van der Waals surface area contributed by atoms with Gasteiger partial charge in [-0.15, -0.1) is 22.7 Å². The third-order valence-corrected chi connectivity index (χ3v) is 8.31. The van der Waals surface area contributed by atoms with Crippen molar-refractivity contribution in [2.75, 3.05) is 0 Å². The van der Waals surface area contributed by atoms with Crippen LogP contribution >= 0.6 is 38.6 Å². The summed E-state index contributed by atoms with van der Waals surface area (Å²) in [4.78, 5) is 1.30. The van der Waals surface area contributed by atoms with E-state index in [0.717, 1.165) is 0 Å². The summed E-state index contributed by atoms with van der Waals surface area (Å²) < 4.78 is 4.29. The maximum atomic E-state index is 4.02. The zero-order valence-electron chi connectivity index (χ0n) is 16.7. The van der Waals surface area contributed by atoms with E-state index in [2.05, 4.69) is 48.5 Å². The lowest BCUT2D eigenvalue weighted by Crippen LogP contribution is -1.97. The highest BCUT2D eigenvalue weighted by Crippen LogP contribution is 2.44. The second-order valence-electron chi connectivity index (χ2n) is 7.47. The fourth-order valence-electron chi connectivity index (χ4n) is 3.98. The van der Waals surface area contributed by atoms with Crippen LogP contribution in [0.15, 0.2) is 22.5 Å². The molecule has 0 aliphatic rings. The van der Waals surface area contributed by atoms with Gasteiger partial charge in [-0.1, -0.05) is 65.0 Å². The topological polar surface area (TPSA) is 0 Å². The lowest BCUT2D eigenvalue weighted by atomic mass is 9.93. The normalized spacial score (nSPS) is 11.7. The first-order valence-electron chi connectivity index (χ1n) is 10.5. The van der Waals surface area contributed by atoms with Crippen molar-refractivity contribution in [2.45, 2.75) is 78.1 Å². The molecule has 0 bridgehead atoms. The molecule has 0 atom stereocenters. The number of hydrogen-bond acceptors (Lipinski definition) is 2. The zero-order chi connectivity index (χ0) is 19.2. The summed E-state index contributed by atoms with van der Waals surface area (Å²) in [5, 5.41) is 2.88. The Kier molecular flexibility index (Phi) is 7.98. The highest BCUT2D eigenvalue weighted by atomic mass is 79.9. The summed E-state index contributed by atoms with van der Waals surface area (Å²) in [5.74, 6) is 0. The van der Waals surface area contributed by atoms with Crippen molar-refractivity contribution < 1.29 is 0 Å². The molecule has 27 heavy (non-hydrogen) atoms. The average molecular weight is 464 g/mol. The number of halogens is 1. The minimum atomic E-state index is 1.22. The molecule has 0 saturated carbocycles. The zero-order valence-corrected chi connectivity index (χ0v) is 19.9. The molecule has 0 aliphatic carbocycles. The molecule has 2 aromatic heterocycles. The van der Waals surface area contributed by atoms with E-state index in [1.165, 1.54) is 93.0 Å². The maximum Gasteiger partial charge on any atom is 0.0711 e. The molecule has 0 fully saturated rings. The summed E-state index contributed by atoms with van der Waals surface area (Å²) in [6, 6.07) is 4.68. The number of fused-ring (bicyclic) bond motifs is 3. The fraction of sp³-hybridized carbons (Fsp3) is 0.500. The lowest BCUT2D eigenvalue weighted by Gasteiger charge is -2.13. The van der Waals surface area contributed by atoms with Crippen LogP contribution in [0.4, 0.5) is 0 Å². The van der Waals surface area contributed by atoms with Gasteiger partial charge in [-0.05, 0) is 64.9 Å². The Balaban J connectivity index is 2.08. The molecular weight excluding hydrogens is 432 g/mol. The first-order chi connectivity index (χ1) is 13.2. The SMILES string of the molecule is C=Cc1cc2c(s1)c(CCCCCC)c(CCCCCC)c1sc(Br)cc12. The van der Waals surface area contributed by atoms with Crippen LogP contribution in [-0.2, 0) is 12.8 Å². The van der Waals surface area contributed by atoms with Gasteiger partial charge < -0.3 is 0 Å². The lowest BCUT2D eigenvalue weighted by molar-refractivity contribution is 0.654. The van der Waals surface area contributed by atoms with Gasteiger partial charge in [-0.25, -0.2) is 0 Å². The predicted molar refractivity (Wildman–Crippen MR) is 131 cm³/mol. The number of hydrogen-bond donors (Lipinski definition) is 0. The summed E-state index contributed by atoms with van der Waals surface area (Å²) in [6.07, 6.45) is 15.1. The quantitative estimate of drug-likeness (QED) is 0.248. The maximum absolute atomic E-state index is 4.02. The van der Waals surface area contributed by atoms with Crippen molar-refractivity contribution in [3.63, 3.8) is 0 Å². The van der Waals surface area contributed by atoms with E-state index in [0.29, 0.717) is 0 Å². The van der Waals surface area contributed by atoms with E-state index >= 15 is 0 Å². The van der Waals surface area contributed by atoms with Crippen molar-refractivity contribution >= 4 is 64.9 Å². The van der Waals surface area contributed by atoms with Crippen molar-refractivity contribution in [3.8, 4) is 0 Å². The van der Waals surface area contributed by atoms with Gasteiger partial charge in [0.2, 0.25) is 0 Å². The number of thiophene rings is 2. The summed E-state index contributed by atoms with van der Waals surface area (Å²) in [6.45, 7) is 8.61. The molecular formula is C24H31BrS2.